The SMILES string of the molecule is COc1cc2c3cc1Oc1cc(ccc1O)C[C@@H]1c4c(cc(OC)c(O)c4Oc4ccc(cc4)C[C@@H]3N(C)CC2)C=C[N+]1(C)C. The van der Waals surface area contributed by atoms with Crippen molar-refractivity contribution in [1.82, 2.24) is 4.90 Å². The van der Waals surface area contributed by atoms with Gasteiger partial charge in [-0.25, -0.2) is 0 Å². The van der Waals surface area contributed by atoms with Crippen LogP contribution >= 0.6 is 0 Å². The summed E-state index contributed by atoms with van der Waals surface area (Å²) in [5, 5.41) is 22.4. The number of fused-ring (bicyclic) bond motifs is 2. The number of rotatable bonds is 2. The molecule has 6 bridgehead atoms. The van der Waals surface area contributed by atoms with Gasteiger partial charge in [0.1, 0.15) is 11.8 Å². The summed E-state index contributed by atoms with van der Waals surface area (Å²) in [6.45, 7) is 0.926. The zero-order valence-electron chi connectivity index (χ0n) is 26.3. The highest BCUT2D eigenvalue weighted by atomic mass is 16.5. The van der Waals surface area contributed by atoms with Crippen molar-refractivity contribution in [2.75, 3.05) is 41.9 Å². The van der Waals surface area contributed by atoms with Gasteiger partial charge in [-0.3, -0.25) is 9.38 Å². The second kappa shape index (κ2) is 11.1. The molecular weight excluding hydrogens is 568 g/mol. The third kappa shape index (κ3) is 5.14. The van der Waals surface area contributed by atoms with E-state index in [1.54, 1.807) is 20.3 Å². The quantitative estimate of drug-likeness (QED) is 0.235. The van der Waals surface area contributed by atoms with Crippen LogP contribution in [0.4, 0.5) is 0 Å². The van der Waals surface area contributed by atoms with Crippen LogP contribution in [0.15, 0.2) is 66.9 Å². The number of hydrogen-bond donors (Lipinski definition) is 2. The zero-order chi connectivity index (χ0) is 31.5. The number of benzene rings is 4. The molecule has 0 spiro atoms. The second-order valence-electron chi connectivity index (χ2n) is 12.7. The summed E-state index contributed by atoms with van der Waals surface area (Å²) < 4.78 is 24.9. The molecule has 8 rings (SSSR count). The smallest absolute Gasteiger partial charge is 0.202 e. The Morgan fingerprint density at radius 3 is 2.36 bits per heavy atom. The molecule has 45 heavy (non-hydrogen) atoms. The number of nitrogens with zero attached hydrogens (tertiary/aromatic N) is 2. The fourth-order valence-corrected chi connectivity index (χ4v) is 6.93. The van der Waals surface area contributed by atoms with Crippen LogP contribution in [0, 0.1) is 0 Å². The fourth-order valence-electron chi connectivity index (χ4n) is 6.93. The average molecular weight is 608 g/mol. The van der Waals surface area contributed by atoms with Crippen molar-refractivity contribution in [3.05, 3.63) is 100 Å². The first kappa shape index (κ1) is 29.1. The van der Waals surface area contributed by atoms with Gasteiger partial charge in [0.2, 0.25) is 5.75 Å². The first-order chi connectivity index (χ1) is 21.6. The Hall–Kier alpha value is -4.66. The summed E-state index contributed by atoms with van der Waals surface area (Å²) in [5.74, 6) is 2.93. The molecule has 4 aromatic rings. The van der Waals surface area contributed by atoms with E-state index in [0.717, 1.165) is 41.6 Å². The van der Waals surface area contributed by atoms with Gasteiger partial charge in [0.25, 0.3) is 0 Å². The molecule has 0 aliphatic carbocycles. The third-order valence-corrected chi connectivity index (χ3v) is 9.58. The molecule has 0 saturated heterocycles. The zero-order valence-corrected chi connectivity index (χ0v) is 26.3. The highest BCUT2D eigenvalue weighted by molar-refractivity contribution is 5.69. The number of ether oxygens (including phenoxy) is 4. The Bertz CT molecular complexity index is 1810. The van der Waals surface area contributed by atoms with Crippen molar-refractivity contribution in [2.24, 2.45) is 0 Å². The van der Waals surface area contributed by atoms with Crippen LogP contribution in [0.5, 0.6) is 46.0 Å². The van der Waals surface area contributed by atoms with Gasteiger partial charge < -0.3 is 29.2 Å². The Morgan fingerprint density at radius 2 is 1.60 bits per heavy atom. The first-order valence-corrected chi connectivity index (χ1v) is 15.3. The van der Waals surface area contributed by atoms with Crippen LogP contribution in [0.1, 0.15) is 45.5 Å². The van der Waals surface area contributed by atoms with Crippen molar-refractivity contribution < 1.29 is 33.6 Å². The number of likely N-dealkylation sites (N-methyl/N-ethyl adjacent to an activating group) is 2. The van der Waals surface area contributed by atoms with E-state index in [1.165, 1.54) is 11.1 Å². The Kier molecular flexibility index (Phi) is 7.14. The topological polar surface area (TPSA) is 80.6 Å². The third-order valence-electron chi connectivity index (χ3n) is 9.58. The van der Waals surface area contributed by atoms with E-state index in [0.29, 0.717) is 45.4 Å². The Balaban J connectivity index is 1.43. The van der Waals surface area contributed by atoms with Gasteiger partial charge in [-0.05, 0) is 96.2 Å². The molecule has 0 unspecified atom stereocenters. The molecule has 0 amide bonds. The van der Waals surface area contributed by atoms with E-state index < -0.39 is 0 Å². The molecule has 4 aliphatic rings. The van der Waals surface area contributed by atoms with Gasteiger partial charge in [0.05, 0.1) is 40.1 Å². The normalized spacial score (nSPS) is 19.8. The Morgan fingerprint density at radius 1 is 0.844 bits per heavy atom. The predicted octanol–water partition coefficient (Wildman–Crippen LogP) is 7.13. The van der Waals surface area contributed by atoms with E-state index in [1.807, 2.05) is 30.3 Å². The van der Waals surface area contributed by atoms with E-state index in [2.05, 4.69) is 62.6 Å². The van der Waals surface area contributed by atoms with Gasteiger partial charge in [-0.2, -0.15) is 0 Å². The number of quaternary nitrogens is 1. The van der Waals surface area contributed by atoms with Crippen LogP contribution < -0.4 is 18.9 Å². The number of phenolic OH excluding ortho intramolecular Hbond substituents is 2. The highest BCUT2D eigenvalue weighted by Gasteiger charge is 2.39. The van der Waals surface area contributed by atoms with Crippen LogP contribution in [0.2, 0.25) is 0 Å². The standard InChI is InChI=1S/C37H38N2O6/c1-38-14-12-24-19-32(42-4)33-21-27(24)28(38)16-22-6-9-26(10-7-22)44-37-35-25(20-34(43-5)36(37)41)13-15-39(2,3)29(35)17-23-8-11-30(40)31(18-23)45-33/h6-11,13,15,18-21,28-29H,12,14,16-17H2,1-5H3,(H-,40,41)/p+1/t28-,29+/m0/s1. The average Bonchev–Trinajstić information content (AvgIpc) is 3.03. The van der Waals surface area contributed by atoms with Crippen molar-refractivity contribution in [2.45, 2.75) is 31.3 Å². The fraction of sp³-hybridized carbons (Fsp3) is 0.297. The van der Waals surface area contributed by atoms with Crippen LogP contribution in [-0.4, -0.2) is 61.5 Å². The van der Waals surface area contributed by atoms with Crippen LogP contribution in [0.25, 0.3) is 6.08 Å². The molecule has 8 nitrogen and oxygen atoms in total. The molecule has 8 heteroatoms. The summed E-state index contributed by atoms with van der Waals surface area (Å²) in [5.41, 5.74) is 6.34. The van der Waals surface area contributed by atoms with Crippen molar-refractivity contribution in [3.63, 3.8) is 0 Å². The van der Waals surface area contributed by atoms with Crippen LogP contribution in [-0.2, 0) is 19.3 Å². The molecule has 4 heterocycles. The van der Waals surface area contributed by atoms with Crippen molar-refractivity contribution in [1.29, 1.82) is 0 Å². The molecule has 2 atom stereocenters. The summed E-state index contributed by atoms with van der Waals surface area (Å²) in [6, 6.07) is 19.6. The van der Waals surface area contributed by atoms with Crippen molar-refractivity contribution in [3.8, 4) is 46.0 Å². The molecule has 4 aliphatic heterocycles. The predicted molar refractivity (Wildman–Crippen MR) is 173 cm³/mol. The van der Waals surface area contributed by atoms with Crippen LogP contribution in [0.3, 0.4) is 0 Å². The van der Waals surface area contributed by atoms with E-state index in [4.69, 9.17) is 18.9 Å². The largest absolute Gasteiger partial charge is 0.504 e. The molecule has 232 valence electrons. The number of hydrogen-bond acceptors (Lipinski definition) is 7. The van der Waals surface area contributed by atoms with Gasteiger partial charge in [-0.1, -0.05) is 18.2 Å². The molecule has 0 saturated carbocycles. The number of aromatic hydroxyl groups is 2. The molecule has 0 aromatic heterocycles. The first-order valence-electron chi connectivity index (χ1n) is 15.3. The minimum absolute atomic E-state index is 0.0355. The highest BCUT2D eigenvalue weighted by Crippen LogP contribution is 2.51. The van der Waals surface area contributed by atoms with E-state index >= 15 is 0 Å². The molecule has 0 fully saturated rings. The van der Waals surface area contributed by atoms with E-state index in [-0.39, 0.29) is 23.6 Å². The maximum atomic E-state index is 11.5. The maximum absolute atomic E-state index is 11.5. The molecule has 4 aromatic carbocycles. The van der Waals surface area contributed by atoms with Gasteiger partial charge in [0.15, 0.2) is 34.5 Å². The lowest BCUT2D eigenvalue weighted by molar-refractivity contribution is -0.871. The number of phenols is 2. The second-order valence-corrected chi connectivity index (χ2v) is 12.7. The maximum Gasteiger partial charge on any atom is 0.202 e. The summed E-state index contributed by atoms with van der Waals surface area (Å²) in [7, 11) is 9.59. The molecule has 0 radical (unpaired) electrons. The Labute approximate surface area is 263 Å². The van der Waals surface area contributed by atoms with Crippen molar-refractivity contribution >= 4 is 6.08 Å². The van der Waals surface area contributed by atoms with E-state index in [9.17, 15) is 10.2 Å². The monoisotopic (exact) mass is 607 g/mol. The number of methoxy groups -OCH3 is 2. The van der Waals surface area contributed by atoms with Gasteiger partial charge in [0, 0.05) is 19.0 Å². The minimum Gasteiger partial charge on any atom is -0.504 e. The van der Waals surface area contributed by atoms with Gasteiger partial charge >= 0.3 is 0 Å². The lowest BCUT2D eigenvalue weighted by atomic mass is 9.88. The molecule has 2 N–H and O–H groups in total. The lowest BCUT2D eigenvalue weighted by Crippen LogP contribution is -2.41. The minimum atomic E-state index is -0.137. The summed E-state index contributed by atoms with van der Waals surface area (Å²) in [6.07, 6.45) is 6.46. The lowest BCUT2D eigenvalue weighted by Gasteiger charge is -2.39. The molecular formula is C37H39N2O6+. The van der Waals surface area contributed by atoms with Gasteiger partial charge in [-0.15, -0.1) is 0 Å². The summed E-state index contributed by atoms with van der Waals surface area (Å²) >= 11 is 0. The summed E-state index contributed by atoms with van der Waals surface area (Å²) in [4.78, 5) is 2.37.